The molecule has 0 aromatic heterocycles. The van der Waals surface area contributed by atoms with E-state index in [9.17, 15) is 0 Å². The first kappa shape index (κ1) is 13.3. The molecule has 6 heteroatoms. The number of oxime groups is 1. The number of methoxy groups -OCH3 is 1. The van der Waals surface area contributed by atoms with Crippen molar-refractivity contribution in [3.8, 4) is 11.5 Å². The van der Waals surface area contributed by atoms with Crippen molar-refractivity contribution in [3.63, 3.8) is 0 Å². The summed E-state index contributed by atoms with van der Waals surface area (Å²) in [7, 11) is 1.55. The molecule has 4 nitrogen and oxygen atoms in total. The van der Waals surface area contributed by atoms with Gasteiger partial charge >= 0.3 is 0 Å². The Morgan fingerprint density at radius 3 is 2.62 bits per heavy atom. The monoisotopic (exact) mass is 351 g/mol. The molecule has 0 saturated carbocycles. The van der Waals surface area contributed by atoms with Crippen LogP contribution >= 0.6 is 31.9 Å². The lowest BCUT2D eigenvalue weighted by atomic mass is 10.2. The molecular formula is C10H11Br2NO3. The Kier molecular flexibility index (Phi) is 5.08. The number of benzene rings is 1. The minimum absolute atomic E-state index is 0.537. The smallest absolute Gasteiger partial charge is 0.176 e. The van der Waals surface area contributed by atoms with Gasteiger partial charge in [0.1, 0.15) is 0 Å². The molecule has 88 valence electrons. The normalized spacial score (nSPS) is 10.8. The van der Waals surface area contributed by atoms with Gasteiger partial charge in [-0.15, -0.1) is 0 Å². The number of hydrogen-bond acceptors (Lipinski definition) is 4. The number of hydrogen-bond donors (Lipinski definition) is 1. The Bertz CT molecular complexity index is 408. The topological polar surface area (TPSA) is 51.0 Å². The fraction of sp³-hybridized carbons (Fsp3) is 0.300. The van der Waals surface area contributed by atoms with E-state index in [-0.39, 0.29) is 0 Å². The molecule has 0 aliphatic carbocycles. The second kappa shape index (κ2) is 6.10. The van der Waals surface area contributed by atoms with Crippen LogP contribution in [0.1, 0.15) is 12.5 Å². The van der Waals surface area contributed by atoms with E-state index in [1.165, 1.54) is 6.21 Å². The Balaban J connectivity index is 3.36. The first-order valence-electron chi connectivity index (χ1n) is 4.51. The molecular weight excluding hydrogens is 342 g/mol. The van der Waals surface area contributed by atoms with Crippen LogP contribution in [0.4, 0.5) is 0 Å². The molecule has 1 aromatic rings. The highest BCUT2D eigenvalue weighted by atomic mass is 79.9. The number of rotatable bonds is 4. The molecule has 0 bridgehead atoms. The van der Waals surface area contributed by atoms with Gasteiger partial charge in [0.15, 0.2) is 11.5 Å². The van der Waals surface area contributed by atoms with E-state index in [2.05, 4.69) is 37.0 Å². The minimum Gasteiger partial charge on any atom is -0.493 e. The van der Waals surface area contributed by atoms with E-state index in [0.717, 1.165) is 8.95 Å². The molecule has 1 aromatic carbocycles. The van der Waals surface area contributed by atoms with Crippen molar-refractivity contribution in [3.05, 3.63) is 20.6 Å². The van der Waals surface area contributed by atoms with Gasteiger partial charge < -0.3 is 14.7 Å². The third-order valence-electron chi connectivity index (χ3n) is 1.86. The zero-order valence-electron chi connectivity index (χ0n) is 8.83. The van der Waals surface area contributed by atoms with E-state index >= 15 is 0 Å². The van der Waals surface area contributed by atoms with E-state index in [4.69, 9.17) is 14.7 Å². The highest BCUT2D eigenvalue weighted by Gasteiger charge is 2.15. The summed E-state index contributed by atoms with van der Waals surface area (Å²) in [6, 6.07) is 1.72. The van der Waals surface area contributed by atoms with Crippen LogP contribution in [-0.2, 0) is 0 Å². The van der Waals surface area contributed by atoms with Crippen molar-refractivity contribution in [2.45, 2.75) is 6.92 Å². The van der Waals surface area contributed by atoms with Gasteiger partial charge in [-0.1, -0.05) is 5.16 Å². The van der Waals surface area contributed by atoms with Gasteiger partial charge in [0, 0.05) is 10.0 Å². The van der Waals surface area contributed by atoms with E-state index < -0.39 is 0 Å². The summed E-state index contributed by atoms with van der Waals surface area (Å²) in [5, 5.41) is 11.5. The third-order valence-corrected chi connectivity index (χ3v) is 4.00. The predicted octanol–water partition coefficient (Wildman–Crippen LogP) is 3.43. The molecule has 0 radical (unpaired) electrons. The maximum absolute atomic E-state index is 8.53. The van der Waals surface area contributed by atoms with Crippen LogP contribution in [0.25, 0.3) is 0 Å². The van der Waals surface area contributed by atoms with Crippen LogP contribution in [0, 0.1) is 0 Å². The summed E-state index contributed by atoms with van der Waals surface area (Å²) >= 11 is 6.78. The average molecular weight is 353 g/mol. The highest BCUT2D eigenvalue weighted by Crippen LogP contribution is 2.42. The average Bonchev–Trinajstić information content (AvgIpc) is 2.29. The fourth-order valence-corrected chi connectivity index (χ4v) is 2.13. The first-order chi connectivity index (χ1) is 7.65. The third kappa shape index (κ3) is 2.68. The van der Waals surface area contributed by atoms with Gasteiger partial charge in [0.25, 0.3) is 0 Å². The fourth-order valence-electron chi connectivity index (χ4n) is 1.19. The van der Waals surface area contributed by atoms with Gasteiger partial charge in [-0.05, 0) is 44.8 Å². The SMILES string of the molecule is CCOc1c(OC)cc(C=NO)c(Br)c1Br. The largest absolute Gasteiger partial charge is 0.493 e. The summed E-state index contributed by atoms with van der Waals surface area (Å²) in [4.78, 5) is 0. The van der Waals surface area contributed by atoms with Crippen molar-refractivity contribution in [1.29, 1.82) is 0 Å². The summed E-state index contributed by atoms with van der Waals surface area (Å²) in [6.07, 6.45) is 1.31. The van der Waals surface area contributed by atoms with Crippen molar-refractivity contribution < 1.29 is 14.7 Å². The molecule has 0 unspecified atom stereocenters. The van der Waals surface area contributed by atoms with Gasteiger partial charge in [-0.2, -0.15) is 0 Å². The second-order valence-electron chi connectivity index (χ2n) is 2.80. The van der Waals surface area contributed by atoms with Crippen LogP contribution in [0.2, 0.25) is 0 Å². The maximum atomic E-state index is 8.53. The standard InChI is InChI=1S/C10H11Br2NO3/c1-3-16-10-7(15-2)4-6(5-13-14)8(11)9(10)12/h4-5,14H,3H2,1-2H3. The van der Waals surface area contributed by atoms with Crippen molar-refractivity contribution in [1.82, 2.24) is 0 Å². The van der Waals surface area contributed by atoms with Gasteiger partial charge in [0.2, 0.25) is 0 Å². The minimum atomic E-state index is 0.537. The molecule has 16 heavy (non-hydrogen) atoms. The lowest BCUT2D eigenvalue weighted by molar-refractivity contribution is 0.308. The molecule has 0 aliphatic rings. The van der Waals surface area contributed by atoms with Crippen molar-refractivity contribution in [2.75, 3.05) is 13.7 Å². The first-order valence-corrected chi connectivity index (χ1v) is 6.10. The van der Waals surface area contributed by atoms with Crippen LogP contribution < -0.4 is 9.47 Å². The number of ether oxygens (including phenoxy) is 2. The number of nitrogens with zero attached hydrogens (tertiary/aromatic N) is 1. The molecule has 1 rings (SSSR count). The van der Waals surface area contributed by atoms with Crippen LogP contribution in [-0.4, -0.2) is 25.1 Å². The molecule has 1 N–H and O–H groups in total. The maximum Gasteiger partial charge on any atom is 0.176 e. The van der Waals surface area contributed by atoms with Gasteiger partial charge in [0.05, 0.1) is 24.4 Å². The molecule has 0 fully saturated rings. The summed E-state index contributed by atoms with van der Waals surface area (Å²) in [6.45, 7) is 2.43. The van der Waals surface area contributed by atoms with Gasteiger partial charge in [-0.3, -0.25) is 0 Å². The zero-order valence-corrected chi connectivity index (χ0v) is 12.0. The van der Waals surface area contributed by atoms with E-state index in [1.54, 1.807) is 13.2 Å². The quantitative estimate of drug-likeness (QED) is 0.513. The predicted molar refractivity (Wildman–Crippen MR) is 68.9 cm³/mol. The van der Waals surface area contributed by atoms with Crippen LogP contribution in [0.15, 0.2) is 20.2 Å². The molecule has 0 aliphatic heterocycles. The lowest BCUT2D eigenvalue weighted by Crippen LogP contribution is -1.99. The summed E-state index contributed by atoms with van der Waals surface area (Å²) in [5.74, 6) is 1.19. The van der Waals surface area contributed by atoms with Crippen LogP contribution in [0.3, 0.4) is 0 Å². The Morgan fingerprint density at radius 1 is 1.44 bits per heavy atom. The van der Waals surface area contributed by atoms with Crippen molar-refractivity contribution in [2.24, 2.45) is 5.16 Å². The second-order valence-corrected chi connectivity index (χ2v) is 4.39. The summed E-state index contributed by atoms with van der Waals surface area (Å²) in [5.41, 5.74) is 0.690. The molecule has 0 heterocycles. The number of halogens is 2. The zero-order chi connectivity index (χ0) is 12.1. The highest BCUT2D eigenvalue weighted by molar-refractivity contribution is 9.13. The Labute approximate surface area is 110 Å². The lowest BCUT2D eigenvalue weighted by Gasteiger charge is -2.13. The molecule has 0 saturated heterocycles. The summed E-state index contributed by atoms with van der Waals surface area (Å²) < 4.78 is 12.1. The Morgan fingerprint density at radius 2 is 2.12 bits per heavy atom. The van der Waals surface area contributed by atoms with Crippen LogP contribution in [0.5, 0.6) is 11.5 Å². The van der Waals surface area contributed by atoms with Gasteiger partial charge in [-0.25, -0.2) is 0 Å². The van der Waals surface area contributed by atoms with E-state index in [1.807, 2.05) is 6.92 Å². The molecule has 0 spiro atoms. The molecule has 0 atom stereocenters. The molecule has 0 amide bonds. The van der Waals surface area contributed by atoms with Crippen molar-refractivity contribution >= 4 is 38.1 Å². The van der Waals surface area contributed by atoms with E-state index in [0.29, 0.717) is 23.7 Å². The Hall–Kier alpha value is -0.750.